The van der Waals surface area contributed by atoms with E-state index >= 15 is 0 Å². The predicted molar refractivity (Wildman–Crippen MR) is 114 cm³/mol. The SMILES string of the molecule is CCOc1cc(/C=C/C(=O)N[C@@H](CN(C)C)c2ccccc2)cc(Cl)c1OC. The molecule has 0 saturated heterocycles. The number of rotatable bonds is 9. The molecule has 1 amide bonds. The van der Waals surface area contributed by atoms with E-state index in [0.717, 1.165) is 11.1 Å². The van der Waals surface area contributed by atoms with Crippen molar-refractivity contribution in [2.75, 3.05) is 34.4 Å². The van der Waals surface area contributed by atoms with Crippen LogP contribution in [0, 0.1) is 0 Å². The summed E-state index contributed by atoms with van der Waals surface area (Å²) >= 11 is 6.26. The fraction of sp³-hybridized carbons (Fsp3) is 0.318. The van der Waals surface area contributed by atoms with Gasteiger partial charge in [-0.1, -0.05) is 41.9 Å². The Morgan fingerprint density at radius 1 is 1.25 bits per heavy atom. The Balaban J connectivity index is 2.15. The quantitative estimate of drug-likeness (QED) is 0.639. The largest absolute Gasteiger partial charge is 0.491 e. The summed E-state index contributed by atoms with van der Waals surface area (Å²) in [6.45, 7) is 3.08. The van der Waals surface area contributed by atoms with Crippen molar-refractivity contribution in [3.8, 4) is 11.5 Å². The normalized spacial score (nSPS) is 12.2. The summed E-state index contributed by atoms with van der Waals surface area (Å²) in [5.74, 6) is 0.855. The van der Waals surface area contributed by atoms with Crippen LogP contribution in [0.2, 0.25) is 5.02 Å². The molecule has 0 bridgehead atoms. The number of halogens is 1. The van der Waals surface area contributed by atoms with Gasteiger partial charge in [-0.2, -0.15) is 0 Å². The van der Waals surface area contributed by atoms with Gasteiger partial charge in [-0.3, -0.25) is 4.79 Å². The zero-order valence-electron chi connectivity index (χ0n) is 16.7. The van der Waals surface area contributed by atoms with Crippen molar-refractivity contribution in [1.82, 2.24) is 10.2 Å². The van der Waals surface area contributed by atoms with Gasteiger partial charge in [0.05, 0.1) is 24.8 Å². The van der Waals surface area contributed by atoms with E-state index in [9.17, 15) is 4.79 Å². The van der Waals surface area contributed by atoms with E-state index in [1.807, 2.05) is 56.3 Å². The summed E-state index contributed by atoms with van der Waals surface area (Å²) in [6, 6.07) is 13.3. The van der Waals surface area contributed by atoms with Crippen LogP contribution in [0.3, 0.4) is 0 Å². The Morgan fingerprint density at radius 2 is 1.96 bits per heavy atom. The van der Waals surface area contributed by atoms with Gasteiger partial charge in [0.15, 0.2) is 11.5 Å². The lowest BCUT2D eigenvalue weighted by Gasteiger charge is -2.22. The maximum absolute atomic E-state index is 12.5. The minimum Gasteiger partial charge on any atom is -0.491 e. The van der Waals surface area contributed by atoms with Crippen molar-refractivity contribution >= 4 is 23.6 Å². The molecular weight excluding hydrogens is 376 g/mol. The van der Waals surface area contributed by atoms with E-state index in [0.29, 0.717) is 29.7 Å². The van der Waals surface area contributed by atoms with Crippen LogP contribution in [0.4, 0.5) is 0 Å². The summed E-state index contributed by atoms with van der Waals surface area (Å²) in [6.07, 6.45) is 3.21. The highest BCUT2D eigenvalue weighted by Crippen LogP contribution is 2.36. The minimum absolute atomic E-state index is 0.105. The minimum atomic E-state index is -0.180. The second kappa shape index (κ2) is 10.7. The van der Waals surface area contributed by atoms with Gasteiger partial charge in [0, 0.05) is 12.6 Å². The first-order valence-corrected chi connectivity index (χ1v) is 9.51. The molecule has 0 unspecified atom stereocenters. The van der Waals surface area contributed by atoms with Gasteiger partial charge in [0.1, 0.15) is 0 Å². The number of amides is 1. The zero-order chi connectivity index (χ0) is 20.5. The van der Waals surface area contributed by atoms with Crippen LogP contribution < -0.4 is 14.8 Å². The third-order valence-corrected chi connectivity index (χ3v) is 4.31. The summed E-state index contributed by atoms with van der Waals surface area (Å²) in [4.78, 5) is 14.5. The monoisotopic (exact) mass is 402 g/mol. The molecular formula is C22H27ClN2O3. The lowest BCUT2D eigenvalue weighted by molar-refractivity contribution is -0.117. The Kier molecular flexibility index (Phi) is 8.36. The number of hydrogen-bond donors (Lipinski definition) is 1. The van der Waals surface area contributed by atoms with Gasteiger partial charge in [0.2, 0.25) is 5.91 Å². The second-order valence-electron chi connectivity index (χ2n) is 6.53. The van der Waals surface area contributed by atoms with Crippen LogP contribution in [0.5, 0.6) is 11.5 Å². The molecule has 0 aromatic heterocycles. The molecule has 2 aromatic rings. The van der Waals surface area contributed by atoms with Crippen LogP contribution in [-0.4, -0.2) is 45.2 Å². The fourth-order valence-corrected chi connectivity index (χ4v) is 3.12. The van der Waals surface area contributed by atoms with E-state index in [4.69, 9.17) is 21.1 Å². The van der Waals surface area contributed by atoms with Gasteiger partial charge >= 0.3 is 0 Å². The third kappa shape index (κ3) is 6.29. The lowest BCUT2D eigenvalue weighted by atomic mass is 10.1. The average Bonchev–Trinajstić information content (AvgIpc) is 2.66. The first kappa shape index (κ1) is 21.8. The molecule has 0 saturated carbocycles. The molecule has 150 valence electrons. The summed E-state index contributed by atoms with van der Waals surface area (Å²) < 4.78 is 10.9. The Labute approximate surface area is 171 Å². The van der Waals surface area contributed by atoms with Crippen molar-refractivity contribution in [3.63, 3.8) is 0 Å². The number of carbonyl (C=O) groups is 1. The van der Waals surface area contributed by atoms with E-state index in [1.165, 1.54) is 6.08 Å². The van der Waals surface area contributed by atoms with Crippen molar-refractivity contribution in [2.24, 2.45) is 0 Å². The highest BCUT2D eigenvalue weighted by molar-refractivity contribution is 6.32. The van der Waals surface area contributed by atoms with Crippen LogP contribution >= 0.6 is 11.6 Å². The molecule has 0 aliphatic carbocycles. The van der Waals surface area contributed by atoms with Crippen molar-refractivity contribution in [2.45, 2.75) is 13.0 Å². The molecule has 0 aliphatic rings. The molecule has 5 nitrogen and oxygen atoms in total. The molecule has 2 rings (SSSR count). The Hall–Kier alpha value is -2.50. The average molecular weight is 403 g/mol. The third-order valence-electron chi connectivity index (χ3n) is 4.03. The molecule has 6 heteroatoms. The topological polar surface area (TPSA) is 50.8 Å². The van der Waals surface area contributed by atoms with E-state index < -0.39 is 0 Å². The first-order chi connectivity index (χ1) is 13.4. The van der Waals surface area contributed by atoms with E-state index in [-0.39, 0.29) is 11.9 Å². The zero-order valence-corrected chi connectivity index (χ0v) is 17.5. The lowest BCUT2D eigenvalue weighted by Crippen LogP contribution is -2.34. The summed E-state index contributed by atoms with van der Waals surface area (Å²) in [5.41, 5.74) is 1.82. The van der Waals surface area contributed by atoms with Crippen LogP contribution in [0.1, 0.15) is 24.1 Å². The van der Waals surface area contributed by atoms with Crippen molar-refractivity contribution in [1.29, 1.82) is 0 Å². The number of likely N-dealkylation sites (N-methyl/N-ethyl adjacent to an activating group) is 1. The summed E-state index contributed by atoms with van der Waals surface area (Å²) in [5, 5.41) is 3.49. The van der Waals surface area contributed by atoms with E-state index in [2.05, 4.69) is 5.32 Å². The summed E-state index contributed by atoms with van der Waals surface area (Å²) in [7, 11) is 5.50. The standard InChI is InChI=1S/C22H27ClN2O3/c1-5-28-20-14-16(13-18(23)22(20)27-4)11-12-21(26)24-19(15-25(2)3)17-9-7-6-8-10-17/h6-14,19H,5,15H2,1-4H3,(H,24,26)/b12-11+/t19-/m0/s1. The molecule has 0 fully saturated rings. The molecule has 1 N–H and O–H groups in total. The molecule has 1 atom stereocenters. The van der Waals surface area contributed by atoms with Gasteiger partial charge in [-0.05, 0) is 50.4 Å². The molecule has 0 heterocycles. The number of ether oxygens (including phenoxy) is 2. The smallest absolute Gasteiger partial charge is 0.244 e. The van der Waals surface area contributed by atoms with Crippen molar-refractivity contribution in [3.05, 3.63) is 64.7 Å². The van der Waals surface area contributed by atoms with Crippen LogP contribution in [-0.2, 0) is 4.79 Å². The number of benzene rings is 2. The molecule has 0 spiro atoms. The number of carbonyl (C=O) groups excluding carboxylic acids is 1. The van der Waals surface area contributed by atoms with Gasteiger partial charge in [-0.25, -0.2) is 0 Å². The highest BCUT2D eigenvalue weighted by Gasteiger charge is 2.14. The molecule has 0 radical (unpaired) electrons. The maximum atomic E-state index is 12.5. The first-order valence-electron chi connectivity index (χ1n) is 9.13. The number of nitrogens with one attached hydrogen (secondary N) is 1. The van der Waals surface area contributed by atoms with Gasteiger partial charge < -0.3 is 19.7 Å². The second-order valence-corrected chi connectivity index (χ2v) is 6.94. The van der Waals surface area contributed by atoms with Gasteiger partial charge in [-0.15, -0.1) is 0 Å². The molecule has 2 aromatic carbocycles. The van der Waals surface area contributed by atoms with Crippen molar-refractivity contribution < 1.29 is 14.3 Å². The Bertz CT molecular complexity index is 807. The molecule has 28 heavy (non-hydrogen) atoms. The number of nitrogens with zero attached hydrogens (tertiary/aromatic N) is 1. The van der Waals surface area contributed by atoms with Crippen LogP contribution in [0.25, 0.3) is 6.08 Å². The maximum Gasteiger partial charge on any atom is 0.244 e. The molecule has 0 aliphatic heterocycles. The Morgan fingerprint density at radius 3 is 2.57 bits per heavy atom. The highest BCUT2D eigenvalue weighted by atomic mass is 35.5. The van der Waals surface area contributed by atoms with Crippen LogP contribution in [0.15, 0.2) is 48.5 Å². The number of methoxy groups -OCH3 is 1. The van der Waals surface area contributed by atoms with Gasteiger partial charge in [0.25, 0.3) is 0 Å². The fourth-order valence-electron chi connectivity index (χ4n) is 2.82. The predicted octanol–water partition coefficient (Wildman–Crippen LogP) is 4.18. The number of hydrogen-bond acceptors (Lipinski definition) is 4. The van der Waals surface area contributed by atoms with E-state index in [1.54, 1.807) is 25.3 Å².